The highest BCUT2D eigenvalue weighted by atomic mass is 16.6. The predicted octanol–water partition coefficient (Wildman–Crippen LogP) is 2.13. The maximum atomic E-state index is 10.9. The number of nitrogens with one attached hydrogen (secondary N) is 1. The van der Waals surface area contributed by atoms with Crippen LogP contribution in [0.1, 0.15) is 25.3 Å². The molecule has 1 aromatic rings. The van der Waals surface area contributed by atoms with Crippen molar-refractivity contribution in [3.05, 3.63) is 29.8 Å². The number of carbonyl (C=O) groups is 1. The van der Waals surface area contributed by atoms with E-state index in [9.17, 15) is 4.79 Å². The third-order valence-corrected chi connectivity index (χ3v) is 2.54. The Morgan fingerprint density at radius 1 is 1.28 bits per heavy atom. The van der Waals surface area contributed by atoms with Crippen molar-refractivity contribution in [2.24, 2.45) is 0 Å². The van der Waals surface area contributed by atoms with Gasteiger partial charge < -0.3 is 14.8 Å². The zero-order valence-corrected chi connectivity index (χ0v) is 11.1. The standard InChI is InChI=1S/C14H21NO3/c1-3-4-9-15-10-12-5-7-13(8-6-12)18-11-14(16)17-2/h5-8,15H,3-4,9-11H2,1-2H3. The van der Waals surface area contributed by atoms with Crippen LogP contribution in [0.2, 0.25) is 0 Å². The molecule has 18 heavy (non-hydrogen) atoms. The van der Waals surface area contributed by atoms with Crippen molar-refractivity contribution >= 4 is 5.97 Å². The molecular formula is C14H21NO3. The Morgan fingerprint density at radius 3 is 2.61 bits per heavy atom. The number of ether oxygens (including phenoxy) is 2. The van der Waals surface area contributed by atoms with Gasteiger partial charge in [-0.1, -0.05) is 25.5 Å². The molecule has 0 aromatic heterocycles. The quantitative estimate of drug-likeness (QED) is 0.568. The van der Waals surface area contributed by atoms with Crippen molar-refractivity contribution in [3.63, 3.8) is 0 Å². The van der Waals surface area contributed by atoms with E-state index < -0.39 is 0 Å². The van der Waals surface area contributed by atoms with Crippen LogP contribution in [0.25, 0.3) is 0 Å². The summed E-state index contributed by atoms with van der Waals surface area (Å²) in [6, 6.07) is 7.71. The maximum Gasteiger partial charge on any atom is 0.343 e. The van der Waals surface area contributed by atoms with Crippen molar-refractivity contribution in [1.29, 1.82) is 0 Å². The third kappa shape index (κ3) is 5.68. The molecule has 0 bridgehead atoms. The van der Waals surface area contributed by atoms with Gasteiger partial charge in [-0.2, -0.15) is 0 Å². The molecule has 100 valence electrons. The van der Waals surface area contributed by atoms with E-state index in [-0.39, 0.29) is 12.6 Å². The molecule has 0 spiro atoms. The molecule has 1 N–H and O–H groups in total. The minimum Gasteiger partial charge on any atom is -0.482 e. The monoisotopic (exact) mass is 251 g/mol. The summed E-state index contributed by atoms with van der Waals surface area (Å²) in [7, 11) is 1.34. The fourth-order valence-electron chi connectivity index (χ4n) is 1.44. The highest BCUT2D eigenvalue weighted by Crippen LogP contribution is 2.12. The van der Waals surface area contributed by atoms with E-state index in [1.54, 1.807) is 0 Å². The largest absolute Gasteiger partial charge is 0.482 e. The van der Waals surface area contributed by atoms with Crippen molar-refractivity contribution in [2.75, 3.05) is 20.3 Å². The van der Waals surface area contributed by atoms with Crippen LogP contribution < -0.4 is 10.1 Å². The van der Waals surface area contributed by atoms with Crippen LogP contribution in [0.15, 0.2) is 24.3 Å². The van der Waals surface area contributed by atoms with Gasteiger partial charge in [-0.3, -0.25) is 0 Å². The number of rotatable bonds is 8. The fraction of sp³-hybridized carbons (Fsp3) is 0.500. The Hall–Kier alpha value is -1.55. The maximum absolute atomic E-state index is 10.9. The molecule has 4 heteroatoms. The van der Waals surface area contributed by atoms with Crippen molar-refractivity contribution in [3.8, 4) is 5.75 Å². The van der Waals surface area contributed by atoms with Crippen LogP contribution in [0.4, 0.5) is 0 Å². The Morgan fingerprint density at radius 2 is 2.00 bits per heavy atom. The molecule has 1 aromatic carbocycles. The summed E-state index contributed by atoms with van der Waals surface area (Å²) in [6.45, 7) is 4.02. The second kappa shape index (κ2) is 8.53. The van der Waals surface area contributed by atoms with Crippen LogP contribution in [-0.2, 0) is 16.1 Å². The van der Waals surface area contributed by atoms with Crippen LogP contribution in [-0.4, -0.2) is 26.2 Å². The number of methoxy groups -OCH3 is 1. The van der Waals surface area contributed by atoms with Gasteiger partial charge in [-0.15, -0.1) is 0 Å². The van der Waals surface area contributed by atoms with Gasteiger partial charge in [0.1, 0.15) is 5.75 Å². The normalized spacial score (nSPS) is 10.1. The molecule has 0 fully saturated rings. The lowest BCUT2D eigenvalue weighted by molar-refractivity contribution is -0.142. The van der Waals surface area contributed by atoms with Crippen LogP contribution >= 0.6 is 0 Å². The van der Waals surface area contributed by atoms with Gasteiger partial charge in [0.25, 0.3) is 0 Å². The predicted molar refractivity (Wildman–Crippen MR) is 70.6 cm³/mol. The topological polar surface area (TPSA) is 47.6 Å². The number of hydrogen-bond donors (Lipinski definition) is 1. The lowest BCUT2D eigenvalue weighted by atomic mass is 10.2. The highest BCUT2D eigenvalue weighted by Gasteiger charge is 2.01. The number of benzene rings is 1. The lowest BCUT2D eigenvalue weighted by Crippen LogP contribution is -2.14. The van der Waals surface area contributed by atoms with Gasteiger partial charge in [-0.25, -0.2) is 4.79 Å². The first-order valence-corrected chi connectivity index (χ1v) is 6.25. The average molecular weight is 251 g/mol. The van der Waals surface area contributed by atoms with Crippen molar-refractivity contribution in [1.82, 2.24) is 5.32 Å². The van der Waals surface area contributed by atoms with E-state index >= 15 is 0 Å². The Bertz CT molecular complexity index is 349. The SMILES string of the molecule is CCCCNCc1ccc(OCC(=O)OC)cc1. The van der Waals surface area contributed by atoms with Crippen molar-refractivity contribution < 1.29 is 14.3 Å². The molecule has 4 nitrogen and oxygen atoms in total. The summed E-state index contributed by atoms with van der Waals surface area (Å²) < 4.78 is 9.76. The van der Waals surface area contributed by atoms with Crippen LogP contribution in [0, 0.1) is 0 Å². The second-order valence-electron chi connectivity index (χ2n) is 4.04. The smallest absolute Gasteiger partial charge is 0.343 e. The zero-order valence-electron chi connectivity index (χ0n) is 11.1. The molecule has 0 atom stereocenters. The van der Waals surface area contributed by atoms with Crippen LogP contribution in [0.5, 0.6) is 5.75 Å². The number of hydrogen-bond acceptors (Lipinski definition) is 4. The molecule has 0 aliphatic carbocycles. The van der Waals surface area contributed by atoms with Crippen LogP contribution in [0.3, 0.4) is 0 Å². The average Bonchev–Trinajstić information content (AvgIpc) is 2.42. The minimum absolute atomic E-state index is 0.0510. The zero-order chi connectivity index (χ0) is 13.2. The molecule has 0 amide bonds. The number of carbonyl (C=O) groups excluding carboxylic acids is 1. The Labute approximate surface area is 108 Å². The summed E-state index contributed by atoms with van der Waals surface area (Å²) in [5.41, 5.74) is 1.21. The second-order valence-corrected chi connectivity index (χ2v) is 4.04. The first-order chi connectivity index (χ1) is 8.76. The molecule has 0 saturated heterocycles. The van der Waals surface area contributed by atoms with Gasteiger partial charge >= 0.3 is 5.97 Å². The first-order valence-electron chi connectivity index (χ1n) is 6.25. The van der Waals surface area contributed by atoms with Crippen molar-refractivity contribution in [2.45, 2.75) is 26.3 Å². The summed E-state index contributed by atoms with van der Waals surface area (Å²) in [5.74, 6) is 0.304. The van der Waals surface area contributed by atoms with Gasteiger partial charge in [0.2, 0.25) is 0 Å². The Kier molecular flexibility index (Phi) is 6.87. The Balaban J connectivity index is 2.31. The molecule has 0 heterocycles. The van der Waals surface area contributed by atoms with E-state index in [1.807, 2.05) is 24.3 Å². The fourth-order valence-corrected chi connectivity index (χ4v) is 1.44. The first kappa shape index (κ1) is 14.5. The van der Waals surface area contributed by atoms with E-state index in [2.05, 4.69) is 17.0 Å². The molecule has 0 unspecified atom stereocenters. The molecule has 0 aliphatic rings. The van der Waals surface area contributed by atoms with E-state index in [0.29, 0.717) is 5.75 Å². The molecule has 1 rings (SSSR count). The van der Waals surface area contributed by atoms with Gasteiger partial charge in [0.05, 0.1) is 7.11 Å². The molecule has 0 radical (unpaired) electrons. The summed E-state index contributed by atoms with van der Waals surface area (Å²) in [6.07, 6.45) is 2.40. The van der Waals surface area contributed by atoms with Gasteiger partial charge in [-0.05, 0) is 30.7 Å². The van der Waals surface area contributed by atoms with E-state index in [0.717, 1.165) is 13.1 Å². The van der Waals surface area contributed by atoms with Gasteiger partial charge in [0, 0.05) is 6.54 Å². The third-order valence-electron chi connectivity index (χ3n) is 2.54. The summed E-state index contributed by atoms with van der Waals surface area (Å²) >= 11 is 0. The minimum atomic E-state index is -0.375. The molecular weight excluding hydrogens is 230 g/mol. The molecule has 0 saturated carbocycles. The number of unbranched alkanes of at least 4 members (excludes halogenated alkanes) is 1. The number of esters is 1. The summed E-state index contributed by atoms with van der Waals surface area (Å²) in [5, 5.41) is 3.37. The van der Waals surface area contributed by atoms with E-state index in [4.69, 9.17) is 4.74 Å². The van der Waals surface area contributed by atoms with Gasteiger partial charge in [0.15, 0.2) is 6.61 Å². The molecule has 0 aliphatic heterocycles. The van der Waals surface area contributed by atoms with E-state index in [1.165, 1.54) is 25.5 Å². The summed E-state index contributed by atoms with van der Waals surface area (Å²) in [4.78, 5) is 10.9. The lowest BCUT2D eigenvalue weighted by Gasteiger charge is -2.07. The highest BCUT2D eigenvalue weighted by molar-refractivity contribution is 5.70.